The predicted molar refractivity (Wildman–Crippen MR) is 145 cm³/mol. The van der Waals surface area contributed by atoms with Crippen LogP contribution in [0.15, 0.2) is 60.8 Å². The van der Waals surface area contributed by atoms with Gasteiger partial charge >= 0.3 is 5.95 Å². The van der Waals surface area contributed by atoms with Crippen LogP contribution in [0.4, 0.5) is 5.95 Å². The van der Waals surface area contributed by atoms with Crippen LogP contribution in [-0.4, -0.2) is 19.9 Å². The van der Waals surface area contributed by atoms with Crippen molar-refractivity contribution in [2.24, 2.45) is 5.41 Å². The van der Waals surface area contributed by atoms with Crippen LogP contribution in [0, 0.1) is 23.3 Å². The van der Waals surface area contributed by atoms with E-state index in [4.69, 9.17) is 16.8 Å². The Balaban J connectivity index is 1.43. The molecule has 182 valence electrons. The van der Waals surface area contributed by atoms with Gasteiger partial charge in [-0.25, -0.2) is 0 Å². The summed E-state index contributed by atoms with van der Waals surface area (Å²) in [6.45, 7) is 21.3. The Labute approximate surface area is 217 Å². The largest absolute Gasteiger partial charge is 0.394 e. The van der Waals surface area contributed by atoms with Gasteiger partial charge in [0.2, 0.25) is 5.82 Å². The predicted octanol–water partition coefficient (Wildman–Crippen LogP) is 7.29. The zero-order valence-corrected chi connectivity index (χ0v) is 22.0. The van der Waals surface area contributed by atoms with E-state index >= 15 is 0 Å². The molecule has 0 atom stereocenters. The van der Waals surface area contributed by atoms with Gasteiger partial charge in [-0.2, -0.15) is 10.2 Å². The zero-order valence-electron chi connectivity index (χ0n) is 22.0. The summed E-state index contributed by atoms with van der Waals surface area (Å²) in [6.07, 6.45) is 1.89. The minimum Gasteiger partial charge on any atom is -0.394 e. The van der Waals surface area contributed by atoms with Gasteiger partial charge in [-0.3, -0.25) is 4.98 Å². The van der Waals surface area contributed by atoms with Gasteiger partial charge in [0.1, 0.15) is 0 Å². The molecular formula is C31H28N6. The van der Waals surface area contributed by atoms with Crippen molar-refractivity contribution in [1.82, 2.24) is 19.9 Å². The van der Waals surface area contributed by atoms with Crippen molar-refractivity contribution in [2.45, 2.75) is 52.4 Å². The number of pyridine rings is 1. The molecule has 0 saturated heterocycles. The highest BCUT2D eigenvalue weighted by molar-refractivity contribution is 5.71. The molecule has 0 radical (unpaired) electrons. The van der Waals surface area contributed by atoms with Crippen molar-refractivity contribution in [2.75, 3.05) is 0 Å². The second kappa shape index (κ2) is 8.32. The smallest absolute Gasteiger partial charge is 0.376 e. The van der Waals surface area contributed by atoms with Crippen LogP contribution in [0.1, 0.15) is 58.5 Å². The summed E-state index contributed by atoms with van der Waals surface area (Å²) < 4.78 is 0. The number of rotatable bonds is 3. The first-order chi connectivity index (χ1) is 17.5. The lowest BCUT2D eigenvalue weighted by Gasteiger charge is -2.44. The number of benzene rings is 2. The monoisotopic (exact) mass is 484 g/mol. The first-order valence-electron chi connectivity index (χ1n) is 12.3. The summed E-state index contributed by atoms with van der Waals surface area (Å²) in [7, 11) is 0. The topological polar surface area (TPSA) is 79.7 Å². The van der Waals surface area contributed by atoms with Crippen molar-refractivity contribution in [3.63, 3.8) is 0 Å². The average molecular weight is 485 g/mol. The fraction of sp³-hybridized carbons (Fsp3) is 0.290. The lowest BCUT2D eigenvalue weighted by atomic mass is 9.59. The van der Waals surface area contributed by atoms with E-state index < -0.39 is 0 Å². The lowest BCUT2D eigenvalue weighted by Crippen LogP contribution is -2.42. The van der Waals surface area contributed by atoms with Crippen LogP contribution < -0.4 is 0 Å². The molecule has 6 nitrogen and oxygen atoms in total. The highest BCUT2D eigenvalue weighted by atomic mass is 15.1. The molecule has 1 aliphatic rings. The minimum absolute atomic E-state index is 0.0472. The zero-order chi connectivity index (χ0) is 26.6. The van der Waals surface area contributed by atoms with Gasteiger partial charge in [-0.15, -0.1) is 16.5 Å². The van der Waals surface area contributed by atoms with Gasteiger partial charge < -0.3 is 4.85 Å². The Morgan fingerprint density at radius 1 is 0.730 bits per heavy atom. The van der Waals surface area contributed by atoms with Gasteiger partial charge in [0.05, 0.1) is 5.69 Å². The van der Waals surface area contributed by atoms with E-state index in [0.29, 0.717) is 11.4 Å². The standard InChI is InChI=1S/C31H28N6/c1-29(2)23-14-12-21(16-24(23)30(3,4)31(29,5)6)25-15-13-22(18-34-25)19-8-10-20(11-9-19)27-35-26(17-32)36-28(33-7)37-27/h8-16,18H,1-6H3. The van der Waals surface area contributed by atoms with Crippen LogP contribution in [0.2, 0.25) is 0 Å². The van der Waals surface area contributed by atoms with Crippen LogP contribution in [0.25, 0.3) is 38.6 Å². The van der Waals surface area contributed by atoms with Gasteiger partial charge in [-0.05, 0) is 57.2 Å². The third kappa shape index (κ3) is 3.69. The second-order valence-corrected chi connectivity index (χ2v) is 11.2. The molecule has 0 spiro atoms. The molecule has 0 bridgehead atoms. The van der Waals surface area contributed by atoms with E-state index in [9.17, 15) is 0 Å². The quantitative estimate of drug-likeness (QED) is 0.285. The van der Waals surface area contributed by atoms with E-state index in [1.165, 1.54) is 11.1 Å². The molecule has 0 amide bonds. The van der Waals surface area contributed by atoms with Crippen molar-refractivity contribution in [1.29, 1.82) is 5.26 Å². The van der Waals surface area contributed by atoms with Gasteiger partial charge in [0.15, 0.2) is 6.07 Å². The Hall–Kier alpha value is -4.42. The van der Waals surface area contributed by atoms with Gasteiger partial charge in [0, 0.05) is 22.9 Å². The Morgan fingerprint density at radius 2 is 1.35 bits per heavy atom. The fourth-order valence-electron chi connectivity index (χ4n) is 5.36. The summed E-state index contributed by atoms with van der Waals surface area (Å²) in [5, 5.41) is 9.13. The molecule has 2 heterocycles. The SMILES string of the molecule is [C-]#[N+]c1nc(C#N)nc(-c2ccc(-c3ccc(-c4ccc5c(c4)C(C)(C)C(C)(C)C5(C)C)nc3)cc2)n1. The Morgan fingerprint density at radius 3 is 1.97 bits per heavy atom. The van der Waals surface area contributed by atoms with E-state index in [0.717, 1.165) is 22.4 Å². The van der Waals surface area contributed by atoms with Gasteiger partial charge in [-0.1, -0.05) is 71.9 Å². The maximum Gasteiger partial charge on any atom is 0.376 e. The molecule has 0 aliphatic heterocycles. The molecule has 0 fully saturated rings. The van der Waals surface area contributed by atoms with Gasteiger partial charge in [0.25, 0.3) is 5.82 Å². The molecule has 1 aliphatic carbocycles. The average Bonchev–Trinajstić information content (AvgIpc) is 3.02. The molecule has 0 unspecified atom stereocenters. The highest BCUT2D eigenvalue weighted by Crippen LogP contribution is 2.61. The maximum atomic E-state index is 9.13. The Bertz CT molecular complexity index is 1570. The van der Waals surface area contributed by atoms with Crippen molar-refractivity contribution < 1.29 is 0 Å². The third-order valence-corrected chi connectivity index (χ3v) is 8.85. The van der Waals surface area contributed by atoms with Crippen LogP contribution >= 0.6 is 0 Å². The van der Waals surface area contributed by atoms with Crippen LogP contribution in [-0.2, 0) is 10.8 Å². The molecule has 6 heteroatoms. The van der Waals surface area contributed by atoms with E-state index in [1.807, 2.05) is 36.5 Å². The Kier molecular flexibility index (Phi) is 5.46. The minimum atomic E-state index is -0.0903. The summed E-state index contributed by atoms with van der Waals surface area (Å²) in [6, 6.07) is 20.5. The first kappa shape index (κ1) is 24.3. The van der Waals surface area contributed by atoms with Crippen molar-refractivity contribution in [3.8, 4) is 39.8 Å². The molecule has 2 aromatic heterocycles. The van der Waals surface area contributed by atoms with E-state index in [-0.39, 0.29) is 28.0 Å². The highest BCUT2D eigenvalue weighted by Gasteiger charge is 2.56. The fourth-order valence-corrected chi connectivity index (χ4v) is 5.36. The summed E-state index contributed by atoms with van der Waals surface area (Å²) in [4.78, 5) is 20.1. The summed E-state index contributed by atoms with van der Waals surface area (Å²) in [5.41, 5.74) is 7.86. The number of nitriles is 1. The third-order valence-electron chi connectivity index (χ3n) is 8.85. The summed E-state index contributed by atoms with van der Waals surface area (Å²) in [5.74, 6) is 0.151. The van der Waals surface area contributed by atoms with E-state index in [2.05, 4.69) is 91.7 Å². The normalized spacial score (nSPS) is 16.4. The number of fused-ring (bicyclic) bond motifs is 1. The maximum absolute atomic E-state index is 9.13. The van der Waals surface area contributed by atoms with Crippen molar-refractivity contribution >= 4 is 5.95 Å². The van der Waals surface area contributed by atoms with E-state index in [1.54, 1.807) is 0 Å². The molecule has 37 heavy (non-hydrogen) atoms. The number of hydrogen-bond donors (Lipinski definition) is 0. The molecule has 5 rings (SSSR count). The molecule has 0 saturated carbocycles. The van der Waals surface area contributed by atoms with Crippen molar-refractivity contribution in [3.05, 3.63) is 89.2 Å². The molecule has 0 N–H and O–H groups in total. The number of nitrogens with zero attached hydrogens (tertiary/aromatic N) is 6. The number of hydrogen-bond acceptors (Lipinski definition) is 5. The first-order valence-corrected chi connectivity index (χ1v) is 12.3. The second-order valence-electron chi connectivity index (χ2n) is 11.2. The van der Waals surface area contributed by atoms with Crippen LogP contribution in [0.5, 0.6) is 0 Å². The molecule has 4 aromatic rings. The number of aromatic nitrogens is 4. The molecular weight excluding hydrogens is 456 g/mol. The summed E-state index contributed by atoms with van der Waals surface area (Å²) >= 11 is 0. The lowest BCUT2D eigenvalue weighted by molar-refractivity contribution is 0.125. The van der Waals surface area contributed by atoms with Crippen LogP contribution in [0.3, 0.4) is 0 Å². The molecule has 2 aromatic carbocycles.